The average molecular weight is 218 g/mol. The van der Waals surface area contributed by atoms with E-state index in [9.17, 15) is 9.59 Å². The summed E-state index contributed by atoms with van der Waals surface area (Å²) in [4.78, 5) is 29.9. The summed E-state index contributed by atoms with van der Waals surface area (Å²) < 4.78 is 4.42. The minimum absolute atomic E-state index is 0.329. The lowest BCUT2D eigenvalue weighted by Gasteiger charge is -1.98. The number of aromatic amines is 1. The highest BCUT2D eigenvalue weighted by Crippen LogP contribution is 2.21. The van der Waals surface area contributed by atoms with E-state index >= 15 is 0 Å². The second-order valence-corrected chi connectivity index (χ2v) is 3.37. The largest absolute Gasteiger partial charge is 0.463 e. The SMILES string of the molecule is COC(=O)C(=O)c1c(C)[nH]c2ccncc12. The number of ketones is 1. The lowest BCUT2D eigenvalue weighted by molar-refractivity contribution is -0.135. The second-order valence-electron chi connectivity index (χ2n) is 3.37. The molecule has 0 aliphatic heterocycles. The number of hydrogen-bond acceptors (Lipinski definition) is 4. The van der Waals surface area contributed by atoms with Crippen molar-refractivity contribution in [3.8, 4) is 0 Å². The number of methoxy groups -OCH3 is 1. The van der Waals surface area contributed by atoms with Crippen LogP contribution in [0.15, 0.2) is 18.5 Å². The van der Waals surface area contributed by atoms with Gasteiger partial charge in [-0.2, -0.15) is 0 Å². The normalized spacial score (nSPS) is 10.4. The Balaban J connectivity index is 2.64. The Morgan fingerprint density at radius 2 is 2.19 bits per heavy atom. The van der Waals surface area contributed by atoms with Gasteiger partial charge in [-0.3, -0.25) is 9.78 Å². The minimum Gasteiger partial charge on any atom is -0.463 e. The molecule has 0 amide bonds. The lowest BCUT2D eigenvalue weighted by atomic mass is 10.1. The Hall–Kier alpha value is -2.17. The van der Waals surface area contributed by atoms with Gasteiger partial charge in [0, 0.05) is 29.0 Å². The first-order valence-corrected chi connectivity index (χ1v) is 4.70. The first kappa shape index (κ1) is 10.4. The molecule has 82 valence electrons. The van der Waals surface area contributed by atoms with Crippen LogP contribution in [0.2, 0.25) is 0 Å². The van der Waals surface area contributed by atoms with Gasteiger partial charge in [-0.15, -0.1) is 0 Å². The Bertz CT molecular complexity index is 572. The molecular formula is C11H10N2O3. The first-order chi connectivity index (χ1) is 7.65. The van der Waals surface area contributed by atoms with Gasteiger partial charge in [0.2, 0.25) is 0 Å². The monoisotopic (exact) mass is 218 g/mol. The molecule has 5 heteroatoms. The molecular weight excluding hydrogens is 208 g/mol. The summed E-state index contributed by atoms with van der Waals surface area (Å²) in [6.07, 6.45) is 3.17. The number of pyridine rings is 1. The summed E-state index contributed by atoms with van der Waals surface area (Å²) in [5.74, 6) is -1.52. The van der Waals surface area contributed by atoms with Gasteiger partial charge < -0.3 is 9.72 Å². The zero-order valence-corrected chi connectivity index (χ0v) is 8.90. The third kappa shape index (κ3) is 1.46. The summed E-state index contributed by atoms with van der Waals surface area (Å²) in [6.45, 7) is 1.73. The van der Waals surface area contributed by atoms with Gasteiger partial charge in [0.05, 0.1) is 12.7 Å². The summed E-state index contributed by atoms with van der Waals surface area (Å²) >= 11 is 0. The van der Waals surface area contributed by atoms with Crippen LogP contribution in [0.3, 0.4) is 0 Å². The number of aromatic nitrogens is 2. The number of H-pyrrole nitrogens is 1. The molecule has 0 unspecified atom stereocenters. The van der Waals surface area contributed by atoms with E-state index in [1.807, 2.05) is 0 Å². The van der Waals surface area contributed by atoms with Crippen LogP contribution in [0.1, 0.15) is 16.1 Å². The highest BCUT2D eigenvalue weighted by Gasteiger charge is 2.23. The van der Waals surface area contributed by atoms with Gasteiger partial charge >= 0.3 is 5.97 Å². The van der Waals surface area contributed by atoms with Crippen LogP contribution in [0.5, 0.6) is 0 Å². The van der Waals surface area contributed by atoms with Crippen molar-refractivity contribution in [2.75, 3.05) is 7.11 Å². The number of hydrogen-bond donors (Lipinski definition) is 1. The predicted molar refractivity (Wildman–Crippen MR) is 57.2 cm³/mol. The second kappa shape index (κ2) is 3.77. The van der Waals surface area contributed by atoms with Crippen LogP contribution < -0.4 is 0 Å². The summed E-state index contributed by atoms with van der Waals surface area (Å²) in [7, 11) is 1.18. The number of nitrogens with one attached hydrogen (secondary N) is 1. The molecule has 0 fully saturated rings. The minimum atomic E-state index is -0.868. The van der Waals surface area contributed by atoms with Crippen LogP contribution >= 0.6 is 0 Å². The number of rotatable bonds is 2. The fraction of sp³-hybridized carbons (Fsp3) is 0.182. The number of fused-ring (bicyclic) bond motifs is 1. The van der Waals surface area contributed by atoms with E-state index in [1.165, 1.54) is 7.11 Å². The molecule has 0 bridgehead atoms. The quantitative estimate of drug-likeness (QED) is 0.467. The number of aryl methyl sites for hydroxylation is 1. The summed E-state index contributed by atoms with van der Waals surface area (Å²) in [5.41, 5.74) is 1.74. The Labute approximate surface area is 91.4 Å². The molecule has 5 nitrogen and oxygen atoms in total. The number of esters is 1. The van der Waals surface area contributed by atoms with Crippen LogP contribution in [-0.2, 0) is 9.53 Å². The molecule has 0 saturated heterocycles. The standard InChI is InChI=1S/C11H10N2O3/c1-6-9(10(14)11(15)16-2)7-5-12-4-3-8(7)13-6/h3-5,13H,1-2H3. The van der Waals surface area contributed by atoms with Gasteiger partial charge in [0.25, 0.3) is 5.78 Å². The topological polar surface area (TPSA) is 72.1 Å². The maximum Gasteiger partial charge on any atom is 0.379 e. The van der Waals surface area contributed by atoms with Crippen molar-refractivity contribution in [3.05, 3.63) is 29.7 Å². The number of Topliss-reactive ketones (excluding diaryl/α,β-unsaturated/α-hetero) is 1. The Kier molecular flexibility index (Phi) is 2.44. The Morgan fingerprint density at radius 3 is 2.88 bits per heavy atom. The fourth-order valence-corrected chi connectivity index (χ4v) is 1.66. The van der Waals surface area contributed by atoms with Gasteiger partial charge in [0.1, 0.15) is 0 Å². The molecule has 2 aromatic heterocycles. The average Bonchev–Trinajstić information content (AvgIpc) is 2.63. The number of ether oxygens (including phenoxy) is 1. The molecule has 0 atom stereocenters. The van der Waals surface area contributed by atoms with E-state index in [4.69, 9.17) is 0 Å². The molecule has 2 aromatic rings. The van der Waals surface area contributed by atoms with E-state index in [0.717, 1.165) is 5.52 Å². The van der Waals surface area contributed by atoms with E-state index in [0.29, 0.717) is 16.6 Å². The van der Waals surface area contributed by atoms with Crippen molar-refractivity contribution in [2.45, 2.75) is 6.92 Å². The molecule has 2 heterocycles. The van der Waals surface area contributed by atoms with Crippen LogP contribution in [-0.4, -0.2) is 28.8 Å². The molecule has 1 N–H and O–H groups in total. The van der Waals surface area contributed by atoms with Crippen LogP contribution in [0.25, 0.3) is 10.9 Å². The van der Waals surface area contributed by atoms with Crippen molar-refractivity contribution < 1.29 is 14.3 Å². The number of nitrogens with zero attached hydrogens (tertiary/aromatic N) is 1. The predicted octanol–water partition coefficient (Wildman–Crippen LogP) is 1.23. The van der Waals surface area contributed by atoms with E-state index < -0.39 is 11.8 Å². The third-order valence-electron chi connectivity index (χ3n) is 2.39. The fourth-order valence-electron chi connectivity index (χ4n) is 1.66. The molecule has 0 saturated carbocycles. The zero-order chi connectivity index (χ0) is 11.7. The van der Waals surface area contributed by atoms with Crippen molar-refractivity contribution in [1.82, 2.24) is 9.97 Å². The van der Waals surface area contributed by atoms with Crippen molar-refractivity contribution in [3.63, 3.8) is 0 Å². The number of carbonyl (C=O) groups is 2. The van der Waals surface area contributed by atoms with Crippen LogP contribution in [0.4, 0.5) is 0 Å². The molecule has 2 rings (SSSR count). The summed E-state index contributed by atoms with van der Waals surface area (Å²) in [6, 6.07) is 1.75. The van der Waals surface area contributed by atoms with Crippen LogP contribution in [0, 0.1) is 6.92 Å². The highest BCUT2D eigenvalue weighted by molar-refractivity contribution is 6.43. The highest BCUT2D eigenvalue weighted by atomic mass is 16.5. The van der Waals surface area contributed by atoms with Gasteiger partial charge in [-0.05, 0) is 13.0 Å². The maximum absolute atomic E-state index is 11.7. The zero-order valence-electron chi connectivity index (χ0n) is 8.90. The molecule has 0 aliphatic carbocycles. The van der Waals surface area contributed by atoms with Crippen molar-refractivity contribution in [1.29, 1.82) is 0 Å². The summed E-state index contributed by atoms with van der Waals surface area (Å²) in [5, 5.41) is 0.635. The molecule has 0 aliphatic rings. The smallest absolute Gasteiger partial charge is 0.379 e. The molecule has 0 aromatic carbocycles. The van der Waals surface area contributed by atoms with E-state index in [-0.39, 0.29) is 0 Å². The molecule has 0 spiro atoms. The Morgan fingerprint density at radius 1 is 1.44 bits per heavy atom. The first-order valence-electron chi connectivity index (χ1n) is 4.70. The number of carbonyl (C=O) groups excluding carboxylic acids is 2. The van der Waals surface area contributed by atoms with Gasteiger partial charge in [-0.1, -0.05) is 0 Å². The van der Waals surface area contributed by atoms with Crippen molar-refractivity contribution >= 4 is 22.7 Å². The van der Waals surface area contributed by atoms with Gasteiger partial charge in [-0.25, -0.2) is 4.79 Å². The maximum atomic E-state index is 11.7. The molecule has 0 radical (unpaired) electrons. The third-order valence-corrected chi connectivity index (χ3v) is 2.39. The van der Waals surface area contributed by atoms with E-state index in [1.54, 1.807) is 25.4 Å². The van der Waals surface area contributed by atoms with E-state index in [2.05, 4.69) is 14.7 Å². The molecule has 16 heavy (non-hydrogen) atoms. The lowest BCUT2D eigenvalue weighted by Crippen LogP contribution is -2.16. The van der Waals surface area contributed by atoms with Gasteiger partial charge in [0.15, 0.2) is 0 Å². The van der Waals surface area contributed by atoms with Crippen molar-refractivity contribution in [2.24, 2.45) is 0 Å².